The highest BCUT2D eigenvalue weighted by molar-refractivity contribution is 5.93. The molecular formula is C25H28O13. The molecule has 3 heterocycles. The molecule has 0 bridgehead atoms. The predicted octanol–water partition coefficient (Wildman–Crippen LogP) is -1.40. The number of rotatable bonds is 7. The van der Waals surface area contributed by atoms with E-state index in [4.69, 9.17) is 28.1 Å². The van der Waals surface area contributed by atoms with Crippen molar-refractivity contribution in [3.05, 3.63) is 46.6 Å². The van der Waals surface area contributed by atoms with Gasteiger partial charge in [-0.25, -0.2) is 0 Å². The molecule has 1 aromatic heterocycles. The standard InChI is InChI=1S/C25H28O13/c1-33-14-3-2-4-15-17(14)18(27)12-7-11(5-6-13(12)37-15)36-23-21(30)20(29)19(28)16(38-23)8-34-24-22(31)25(32,9-26)10-35-24/h2-7,16,19-24,26,28-32H,8-10H2,1H3. The summed E-state index contributed by atoms with van der Waals surface area (Å²) in [5, 5.41) is 61.1. The molecule has 2 saturated heterocycles. The topological polar surface area (TPSA) is 198 Å². The average Bonchev–Trinajstić information content (AvgIpc) is 3.21. The van der Waals surface area contributed by atoms with E-state index in [0.717, 1.165) is 0 Å². The van der Waals surface area contributed by atoms with E-state index in [-0.39, 0.29) is 34.1 Å². The lowest BCUT2D eigenvalue weighted by Crippen LogP contribution is -2.60. The molecule has 8 unspecified atom stereocenters. The van der Waals surface area contributed by atoms with Crippen LogP contribution in [0.3, 0.4) is 0 Å². The van der Waals surface area contributed by atoms with Crippen molar-refractivity contribution < 1.29 is 58.7 Å². The first-order valence-electron chi connectivity index (χ1n) is 11.8. The lowest BCUT2D eigenvalue weighted by atomic mass is 9.99. The Hall–Kier alpha value is -2.85. The lowest BCUT2D eigenvalue weighted by molar-refractivity contribution is -0.289. The molecule has 206 valence electrons. The number of hydrogen-bond acceptors (Lipinski definition) is 13. The minimum Gasteiger partial charge on any atom is -0.496 e. The SMILES string of the molecule is COc1cccc2oc3ccc(OC4OC(COC5OCC(O)(CO)C5O)C(O)C(O)C4O)cc3c(=O)c12. The quantitative estimate of drug-likeness (QED) is 0.193. The fourth-order valence-corrected chi connectivity index (χ4v) is 4.50. The molecule has 0 radical (unpaired) electrons. The number of hydrogen-bond donors (Lipinski definition) is 6. The Morgan fingerprint density at radius 1 is 1.03 bits per heavy atom. The summed E-state index contributed by atoms with van der Waals surface area (Å²) in [5.74, 6) is 0.443. The van der Waals surface area contributed by atoms with Crippen LogP contribution in [0.15, 0.2) is 45.6 Å². The molecule has 0 saturated carbocycles. The Labute approximate surface area is 214 Å². The summed E-state index contributed by atoms with van der Waals surface area (Å²) >= 11 is 0. The van der Waals surface area contributed by atoms with Crippen molar-refractivity contribution in [3.8, 4) is 11.5 Å². The van der Waals surface area contributed by atoms with Gasteiger partial charge in [0.05, 0.1) is 32.3 Å². The summed E-state index contributed by atoms with van der Waals surface area (Å²) in [4.78, 5) is 13.2. The van der Waals surface area contributed by atoms with Gasteiger partial charge in [-0.1, -0.05) is 6.07 Å². The zero-order valence-electron chi connectivity index (χ0n) is 20.2. The molecule has 2 fully saturated rings. The molecule has 38 heavy (non-hydrogen) atoms. The Kier molecular flexibility index (Phi) is 7.30. The maximum Gasteiger partial charge on any atom is 0.229 e. The molecule has 2 aromatic carbocycles. The van der Waals surface area contributed by atoms with E-state index in [2.05, 4.69) is 0 Å². The Morgan fingerprint density at radius 2 is 1.82 bits per heavy atom. The molecule has 0 spiro atoms. The van der Waals surface area contributed by atoms with Crippen LogP contribution in [0.4, 0.5) is 0 Å². The van der Waals surface area contributed by atoms with E-state index in [1.165, 1.54) is 25.3 Å². The number of ether oxygens (including phenoxy) is 5. The molecule has 3 aromatic rings. The lowest BCUT2D eigenvalue weighted by Gasteiger charge is -2.40. The van der Waals surface area contributed by atoms with Crippen molar-refractivity contribution in [1.82, 2.24) is 0 Å². The molecule has 2 aliphatic rings. The summed E-state index contributed by atoms with van der Waals surface area (Å²) in [6.45, 7) is -1.57. The van der Waals surface area contributed by atoms with E-state index in [0.29, 0.717) is 11.3 Å². The zero-order valence-corrected chi connectivity index (χ0v) is 20.2. The first-order chi connectivity index (χ1) is 18.2. The molecule has 6 N–H and O–H groups in total. The highest BCUT2D eigenvalue weighted by Gasteiger charge is 2.50. The van der Waals surface area contributed by atoms with E-state index in [1.54, 1.807) is 18.2 Å². The van der Waals surface area contributed by atoms with E-state index < -0.39 is 61.9 Å². The molecule has 13 heteroatoms. The summed E-state index contributed by atoms with van der Waals surface area (Å²) in [6.07, 6.45) is -10.6. The van der Waals surface area contributed by atoms with E-state index in [9.17, 15) is 35.4 Å². The second-order valence-electron chi connectivity index (χ2n) is 9.27. The van der Waals surface area contributed by atoms with Crippen LogP contribution < -0.4 is 14.9 Å². The van der Waals surface area contributed by atoms with Crippen molar-refractivity contribution in [2.45, 2.75) is 48.7 Å². The Bertz CT molecular complexity index is 1360. The number of fused-ring (bicyclic) bond motifs is 2. The van der Waals surface area contributed by atoms with E-state index >= 15 is 0 Å². The minimum atomic E-state index is -1.91. The van der Waals surface area contributed by atoms with Gasteiger partial charge < -0.3 is 58.7 Å². The average molecular weight is 536 g/mol. The Balaban J connectivity index is 1.35. The van der Waals surface area contributed by atoms with Gasteiger partial charge in [-0.2, -0.15) is 0 Å². The highest BCUT2D eigenvalue weighted by atomic mass is 16.7. The maximum atomic E-state index is 13.2. The second kappa shape index (κ2) is 10.4. The van der Waals surface area contributed by atoms with Crippen molar-refractivity contribution in [3.63, 3.8) is 0 Å². The second-order valence-corrected chi connectivity index (χ2v) is 9.27. The van der Waals surface area contributed by atoms with Crippen LogP contribution in [0.5, 0.6) is 11.5 Å². The van der Waals surface area contributed by atoms with Crippen LogP contribution in [0.1, 0.15) is 0 Å². The molecular weight excluding hydrogens is 508 g/mol. The monoisotopic (exact) mass is 536 g/mol. The van der Waals surface area contributed by atoms with Crippen LogP contribution in [-0.4, -0.2) is 106 Å². The van der Waals surface area contributed by atoms with Crippen LogP contribution in [-0.2, 0) is 14.2 Å². The number of benzene rings is 2. The third-order valence-electron chi connectivity index (χ3n) is 6.78. The van der Waals surface area contributed by atoms with Gasteiger partial charge in [-0.3, -0.25) is 4.79 Å². The molecule has 5 rings (SSSR count). The van der Waals surface area contributed by atoms with E-state index in [1.807, 2.05) is 0 Å². The van der Waals surface area contributed by atoms with Gasteiger partial charge in [0.25, 0.3) is 0 Å². The third-order valence-corrected chi connectivity index (χ3v) is 6.78. The molecule has 13 nitrogen and oxygen atoms in total. The molecule has 0 amide bonds. The van der Waals surface area contributed by atoms with Crippen molar-refractivity contribution in [2.24, 2.45) is 0 Å². The maximum absolute atomic E-state index is 13.2. The van der Waals surface area contributed by atoms with Crippen LogP contribution in [0, 0.1) is 0 Å². The van der Waals surface area contributed by atoms with Crippen molar-refractivity contribution >= 4 is 21.9 Å². The van der Waals surface area contributed by atoms with Gasteiger partial charge in [0.1, 0.15) is 64.2 Å². The van der Waals surface area contributed by atoms with Gasteiger partial charge in [0.2, 0.25) is 11.7 Å². The van der Waals surface area contributed by atoms with Crippen LogP contribution in [0.2, 0.25) is 0 Å². The molecule has 8 atom stereocenters. The first kappa shape index (κ1) is 26.7. The number of aliphatic hydroxyl groups excluding tert-OH is 5. The largest absolute Gasteiger partial charge is 0.496 e. The smallest absolute Gasteiger partial charge is 0.229 e. The van der Waals surface area contributed by atoms with Gasteiger partial charge in [0, 0.05) is 0 Å². The number of methoxy groups -OCH3 is 1. The van der Waals surface area contributed by atoms with Gasteiger partial charge in [-0.05, 0) is 30.3 Å². The summed E-state index contributed by atoms with van der Waals surface area (Å²) in [7, 11) is 1.44. The first-order valence-corrected chi connectivity index (χ1v) is 11.8. The zero-order chi connectivity index (χ0) is 27.2. The van der Waals surface area contributed by atoms with Crippen molar-refractivity contribution in [1.29, 1.82) is 0 Å². The summed E-state index contributed by atoms with van der Waals surface area (Å²) in [5.41, 5.74) is -1.65. The predicted molar refractivity (Wildman–Crippen MR) is 128 cm³/mol. The van der Waals surface area contributed by atoms with Crippen LogP contribution >= 0.6 is 0 Å². The van der Waals surface area contributed by atoms with Crippen LogP contribution in [0.25, 0.3) is 21.9 Å². The van der Waals surface area contributed by atoms with Gasteiger partial charge in [-0.15, -0.1) is 0 Å². The normalized spacial score (nSPS) is 33.6. The van der Waals surface area contributed by atoms with Gasteiger partial charge in [0.15, 0.2) is 6.29 Å². The van der Waals surface area contributed by atoms with Gasteiger partial charge >= 0.3 is 0 Å². The molecule has 2 aliphatic heterocycles. The van der Waals surface area contributed by atoms with Crippen molar-refractivity contribution in [2.75, 3.05) is 26.9 Å². The minimum absolute atomic E-state index is 0.105. The number of aliphatic hydroxyl groups is 6. The Morgan fingerprint density at radius 3 is 2.53 bits per heavy atom. The highest BCUT2D eigenvalue weighted by Crippen LogP contribution is 2.31. The third kappa shape index (κ3) is 4.62. The summed E-state index contributed by atoms with van der Waals surface area (Å²) in [6, 6.07) is 9.35. The molecule has 0 aliphatic carbocycles. The fourth-order valence-electron chi connectivity index (χ4n) is 4.50. The summed E-state index contributed by atoms with van der Waals surface area (Å²) < 4.78 is 33.0. The fraction of sp³-hybridized carbons (Fsp3) is 0.480.